The van der Waals surface area contributed by atoms with E-state index in [4.69, 9.17) is 0 Å². The first kappa shape index (κ1) is 36.9. The number of hydrogen-bond donors (Lipinski definition) is 1. The Bertz CT molecular complexity index is 533. The smallest absolute Gasteiger partial charge is 0.115 e. The van der Waals surface area contributed by atoms with Gasteiger partial charge in [-0.1, -0.05) is 168 Å². The van der Waals surface area contributed by atoms with Crippen LogP contribution < -0.4 is 0 Å². The monoisotopic (exact) mass is 503 g/mol. The summed E-state index contributed by atoms with van der Waals surface area (Å²) in [6, 6.07) is 7.68. The molecule has 0 heterocycles. The molecule has 0 atom stereocenters. The minimum Gasteiger partial charge on any atom is -0.508 e. The van der Waals surface area contributed by atoms with Crippen LogP contribution in [0.1, 0.15) is 175 Å². The summed E-state index contributed by atoms with van der Waals surface area (Å²) in [5.74, 6) is 0.396. The van der Waals surface area contributed by atoms with Crippen LogP contribution in [0.25, 0.3) is 0 Å². The minimum atomic E-state index is 0.396. The summed E-state index contributed by atoms with van der Waals surface area (Å²) in [5.41, 5.74) is 1.27. The quantitative estimate of drug-likeness (QED) is 0.131. The lowest BCUT2D eigenvalue weighted by atomic mass is 10.0. The molecule has 0 bridgehead atoms. The van der Waals surface area contributed by atoms with Crippen molar-refractivity contribution in [2.24, 2.45) is 0 Å². The second-order valence-corrected chi connectivity index (χ2v) is 10.5. The van der Waals surface area contributed by atoms with Crippen LogP contribution in [0.4, 0.5) is 0 Å². The highest BCUT2D eigenvalue weighted by molar-refractivity contribution is 5.27. The standard InChI is InChI=1S/C21H36O.C11H22.C3H8/c1-2-3-4-5-6-7-8-9-10-11-12-13-14-16-20-17-15-18-21(22)19-20;1-3-5-7-9-11-10-8-6-4-2;1-3-2/h15,17-19,22H,2-14,16H2,1H3;7,9H,3-6,8,10-11H2,1-2H3;3H2,1-2H3/b;9-7+;. The Morgan fingerprint density at radius 3 is 1.44 bits per heavy atom. The first-order valence-electron chi connectivity index (χ1n) is 16.1. The normalized spacial score (nSPS) is 10.6. The van der Waals surface area contributed by atoms with E-state index < -0.39 is 0 Å². The van der Waals surface area contributed by atoms with Crippen LogP contribution in [0.15, 0.2) is 36.4 Å². The van der Waals surface area contributed by atoms with Crippen molar-refractivity contribution in [3.8, 4) is 5.75 Å². The van der Waals surface area contributed by atoms with Crippen LogP contribution in [0.2, 0.25) is 0 Å². The molecule has 0 spiro atoms. The lowest BCUT2D eigenvalue weighted by molar-refractivity contribution is 0.474. The van der Waals surface area contributed by atoms with Crippen molar-refractivity contribution in [2.75, 3.05) is 0 Å². The van der Waals surface area contributed by atoms with Crippen molar-refractivity contribution in [1.29, 1.82) is 0 Å². The maximum Gasteiger partial charge on any atom is 0.115 e. The Labute approximate surface area is 228 Å². The molecule has 1 aromatic carbocycles. The number of aryl methyl sites for hydroxylation is 1. The average Bonchev–Trinajstić information content (AvgIpc) is 2.87. The fourth-order valence-electron chi connectivity index (χ4n) is 4.15. The predicted molar refractivity (Wildman–Crippen MR) is 166 cm³/mol. The number of phenols is 1. The third-order valence-electron chi connectivity index (χ3n) is 6.33. The Balaban J connectivity index is 0. The predicted octanol–water partition coefficient (Wildman–Crippen LogP) is 12.8. The van der Waals surface area contributed by atoms with E-state index in [1.807, 2.05) is 12.1 Å². The van der Waals surface area contributed by atoms with E-state index in [0.717, 1.165) is 6.42 Å². The van der Waals surface area contributed by atoms with Crippen LogP contribution in [-0.2, 0) is 6.42 Å². The van der Waals surface area contributed by atoms with Gasteiger partial charge in [0, 0.05) is 0 Å². The molecule has 0 saturated heterocycles. The number of hydrogen-bond acceptors (Lipinski definition) is 1. The molecule has 36 heavy (non-hydrogen) atoms. The first-order valence-corrected chi connectivity index (χ1v) is 16.1. The molecule has 1 nitrogen and oxygen atoms in total. The number of aromatic hydroxyl groups is 1. The Morgan fingerprint density at radius 1 is 0.528 bits per heavy atom. The van der Waals surface area contributed by atoms with E-state index in [1.165, 1.54) is 140 Å². The molecule has 0 amide bonds. The minimum absolute atomic E-state index is 0.396. The molecule has 0 aromatic heterocycles. The zero-order valence-corrected chi connectivity index (χ0v) is 25.5. The van der Waals surface area contributed by atoms with Crippen molar-refractivity contribution in [1.82, 2.24) is 0 Å². The summed E-state index contributed by atoms with van der Waals surface area (Å²) in [7, 11) is 0. The van der Waals surface area contributed by atoms with Gasteiger partial charge in [0.2, 0.25) is 0 Å². The van der Waals surface area contributed by atoms with Crippen LogP contribution in [0.3, 0.4) is 0 Å². The zero-order chi connectivity index (χ0) is 27.0. The van der Waals surface area contributed by atoms with Crippen LogP contribution in [-0.4, -0.2) is 5.11 Å². The maximum absolute atomic E-state index is 9.42. The fraction of sp³-hybridized carbons (Fsp3) is 0.771. The van der Waals surface area contributed by atoms with Gasteiger partial charge < -0.3 is 5.11 Å². The molecule has 1 N–H and O–H groups in total. The summed E-state index contributed by atoms with van der Waals surface area (Å²) >= 11 is 0. The van der Waals surface area contributed by atoms with Crippen molar-refractivity contribution in [3.63, 3.8) is 0 Å². The van der Waals surface area contributed by atoms with Crippen LogP contribution in [0, 0.1) is 0 Å². The van der Waals surface area contributed by atoms with Gasteiger partial charge >= 0.3 is 0 Å². The molecular formula is C35H66O. The van der Waals surface area contributed by atoms with Crippen molar-refractivity contribution in [3.05, 3.63) is 42.0 Å². The largest absolute Gasteiger partial charge is 0.508 e. The van der Waals surface area contributed by atoms with E-state index in [1.54, 1.807) is 6.07 Å². The van der Waals surface area contributed by atoms with Gasteiger partial charge in [0.1, 0.15) is 5.75 Å². The highest BCUT2D eigenvalue weighted by Crippen LogP contribution is 2.16. The van der Waals surface area contributed by atoms with Crippen LogP contribution in [0.5, 0.6) is 5.75 Å². The highest BCUT2D eigenvalue weighted by atomic mass is 16.3. The second-order valence-electron chi connectivity index (χ2n) is 10.5. The molecule has 0 saturated carbocycles. The van der Waals surface area contributed by atoms with E-state index >= 15 is 0 Å². The van der Waals surface area contributed by atoms with Gasteiger partial charge in [-0.3, -0.25) is 0 Å². The maximum atomic E-state index is 9.42. The summed E-state index contributed by atoms with van der Waals surface area (Å²) in [4.78, 5) is 0. The lowest BCUT2D eigenvalue weighted by Crippen LogP contribution is -1.86. The zero-order valence-electron chi connectivity index (χ0n) is 25.5. The molecule has 0 unspecified atom stereocenters. The molecule has 0 radical (unpaired) electrons. The number of unbranched alkanes of at least 4 members (excludes halogenated alkanes) is 17. The fourth-order valence-corrected chi connectivity index (χ4v) is 4.15. The molecule has 0 fully saturated rings. The molecule has 212 valence electrons. The van der Waals surface area contributed by atoms with Gasteiger partial charge in [0.05, 0.1) is 0 Å². The molecule has 0 aliphatic carbocycles. The van der Waals surface area contributed by atoms with Gasteiger partial charge in [0.25, 0.3) is 0 Å². The van der Waals surface area contributed by atoms with Gasteiger partial charge in [-0.15, -0.1) is 0 Å². The molecule has 1 heteroatoms. The van der Waals surface area contributed by atoms with Crippen molar-refractivity contribution in [2.45, 2.75) is 176 Å². The van der Waals surface area contributed by atoms with E-state index in [0.29, 0.717) is 5.75 Å². The molecule has 1 rings (SSSR count). The van der Waals surface area contributed by atoms with E-state index in [2.05, 4.69) is 52.8 Å². The first-order chi connectivity index (χ1) is 17.7. The third-order valence-corrected chi connectivity index (χ3v) is 6.33. The Morgan fingerprint density at radius 2 is 0.972 bits per heavy atom. The van der Waals surface area contributed by atoms with Crippen molar-refractivity contribution < 1.29 is 5.11 Å². The molecule has 1 aromatic rings. The summed E-state index contributed by atoms with van der Waals surface area (Å²) < 4.78 is 0. The number of allylic oxidation sites excluding steroid dienone is 2. The second kappa shape index (κ2) is 33.8. The number of rotatable bonds is 21. The van der Waals surface area contributed by atoms with Crippen LogP contribution >= 0.6 is 0 Å². The average molecular weight is 503 g/mol. The Hall–Kier alpha value is -1.24. The third kappa shape index (κ3) is 32.8. The topological polar surface area (TPSA) is 20.2 Å². The molecule has 0 aliphatic rings. The lowest BCUT2D eigenvalue weighted by Gasteiger charge is -2.04. The van der Waals surface area contributed by atoms with Gasteiger partial charge in [-0.25, -0.2) is 0 Å². The van der Waals surface area contributed by atoms with E-state index in [-0.39, 0.29) is 0 Å². The highest BCUT2D eigenvalue weighted by Gasteiger charge is 1.96. The number of phenolic OH excluding ortho intramolecular Hbond substituents is 1. The van der Waals surface area contributed by atoms with Gasteiger partial charge in [-0.2, -0.15) is 0 Å². The Kier molecular flexibility index (Phi) is 34.6. The summed E-state index contributed by atoms with van der Waals surface area (Å²) in [6.45, 7) is 11.0. The number of benzene rings is 1. The molecular weight excluding hydrogens is 436 g/mol. The van der Waals surface area contributed by atoms with Crippen molar-refractivity contribution >= 4 is 0 Å². The summed E-state index contributed by atoms with van der Waals surface area (Å²) in [6.07, 6.45) is 34.6. The SMILES string of the molecule is CCC.CCC/C=C/CCCCCC.CCCCCCCCCCCCCCCc1cccc(O)c1. The summed E-state index contributed by atoms with van der Waals surface area (Å²) in [5, 5.41) is 9.42. The van der Waals surface area contributed by atoms with E-state index in [9.17, 15) is 5.11 Å². The van der Waals surface area contributed by atoms with Gasteiger partial charge in [0.15, 0.2) is 0 Å². The van der Waals surface area contributed by atoms with Gasteiger partial charge in [-0.05, 0) is 49.8 Å². The molecule has 0 aliphatic heterocycles.